The Morgan fingerprint density at radius 3 is 2.08 bits per heavy atom. The summed E-state index contributed by atoms with van der Waals surface area (Å²) in [6, 6.07) is 7.62. The molecule has 0 saturated heterocycles. The second kappa shape index (κ2) is 6.15. The van der Waals surface area contributed by atoms with Crippen molar-refractivity contribution in [1.82, 2.24) is 0 Å². The molecule has 4 heteroatoms. The Hall–Kier alpha value is -1.84. The van der Waals surface area contributed by atoms with E-state index in [2.05, 4.69) is 5.32 Å². The fourth-order valence-electron chi connectivity index (χ4n) is 5.58. The van der Waals surface area contributed by atoms with Crippen molar-refractivity contribution in [1.29, 1.82) is 0 Å². The van der Waals surface area contributed by atoms with Crippen molar-refractivity contribution < 1.29 is 14.3 Å². The van der Waals surface area contributed by atoms with Gasteiger partial charge in [0.1, 0.15) is 0 Å². The van der Waals surface area contributed by atoms with Crippen LogP contribution in [0.5, 0.6) is 0 Å². The van der Waals surface area contributed by atoms with E-state index < -0.39 is 6.10 Å². The number of benzene rings is 1. The summed E-state index contributed by atoms with van der Waals surface area (Å²) in [6.45, 7) is 3.67. The minimum Gasteiger partial charge on any atom is -0.452 e. The lowest BCUT2D eigenvalue weighted by molar-refractivity contribution is -0.177. The first-order valence-electron chi connectivity index (χ1n) is 9.52. The molecule has 25 heavy (non-hydrogen) atoms. The molecular formula is C21H27NO3. The number of amides is 1. The zero-order chi connectivity index (χ0) is 17.6. The predicted molar refractivity (Wildman–Crippen MR) is 96.0 cm³/mol. The summed E-state index contributed by atoms with van der Waals surface area (Å²) in [5.74, 6) is 1.67. The molecule has 1 N–H and O–H groups in total. The molecule has 0 unspecified atom stereocenters. The number of esters is 1. The monoisotopic (exact) mass is 341 g/mol. The molecule has 0 radical (unpaired) electrons. The zero-order valence-corrected chi connectivity index (χ0v) is 15.1. The quantitative estimate of drug-likeness (QED) is 0.840. The second-order valence-electron chi connectivity index (χ2n) is 8.60. The van der Waals surface area contributed by atoms with Gasteiger partial charge in [-0.2, -0.15) is 0 Å². The van der Waals surface area contributed by atoms with Crippen molar-refractivity contribution in [3.8, 4) is 0 Å². The summed E-state index contributed by atoms with van der Waals surface area (Å²) in [7, 11) is 0. The van der Waals surface area contributed by atoms with E-state index in [-0.39, 0.29) is 17.3 Å². The van der Waals surface area contributed by atoms with Crippen molar-refractivity contribution in [3.05, 3.63) is 29.8 Å². The maximum Gasteiger partial charge on any atom is 0.312 e. The van der Waals surface area contributed by atoms with Crippen LogP contribution in [0.4, 0.5) is 5.69 Å². The SMILES string of the molecule is Cc1ccc(NC(=O)[C@H](C)OC(=O)C23CC4CC(CC(C4)C2)C3)cc1. The van der Waals surface area contributed by atoms with Crippen molar-refractivity contribution in [2.45, 2.75) is 58.5 Å². The van der Waals surface area contributed by atoms with Crippen molar-refractivity contribution in [2.24, 2.45) is 23.2 Å². The molecule has 1 amide bonds. The number of rotatable bonds is 4. The van der Waals surface area contributed by atoms with E-state index in [0.29, 0.717) is 17.8 Å². The van der Waals surface area contributed by atoms with Crippen molar-refractivity contribution >= 4 is 17.6 Å². The van der Waals surface area contributed by atoms with E-state index in [0.717, 1.165) is 30.5 Å². The van der Waals surface area contributed by atoms with Gasteiger partial charge in [-0.15, -0.1) is 0 Å². The van der Waals surface area contributed by atoms with Gasteiger partial charge in [0.05, 0.1) is 5.41 Å². The molecule has 4 saturated carbocycles. The molecule has 4 fully saturated rings. The van der Waals surface area contributed by atoms with Gasteiger partial charge in [0.2, 0.25) is 0 Å². The first-order valence-corrected chi connectivity index (χ1v) is 9.52. The summed E-state index contributed by atoms with van der Waals surface area (Å²) in [4.78, 5) is 25.3. The number of carbonyl (C=O) groups excluding carboxylic acids is 2. The van der Waals surface area contributed by atoms with E-state index in [1.54, 1.807) is 6.92 Å². The summed E-state index contributed by atoms with van der Waals surface area (Å²) in [5.41, 5.74) is 1.56. The van der Waals surface area contributed by atoms with Crippen LogP contribution < -0.4 is 5.32 Å². The van der Waals surface area contributed by atoms with Crippen LogP contribution in [0.2, 0.25) is 0 Å². The van der Waals surface area contributed by atoms with Gasteiger partial charge in [0.25, 0.3) is 5.91 Å². The number of hydrogen-bond acceptors (Lipinski definition) is 3. The van der Waals surface area contributed by atoms with Crippen LogP contribution in [0, 0.1) is 30.1 Å². The number of anilines is 1. The summed E-state index contributed by atoms with van der Waals surface area (Å²) in [6.07, 6.45) is 5.99. The molecule has 1 aromatic rings. The third-order valence-corrected chi connectivity index (χ3v) is 6.44. The molecule has 4 nitrogen and oxygen atoms in total. The van der Waals surface area contributed by atoms with E-state index >= 15 is 0 Å². The molecule has 4 aliphatic carbocycles. The Labute approximate surface area is 149 Å². The van der Waals surface area contributed by atoms with Crippen molar-refractivity contribution in [2.75, 3.05) is 5.32 Å². The smallest absolute Gasteiger partial charge is 0.312 e. The standard InChI is InChI=1S/C21H27NO3/c1-13-3-5-18(6-4-13)22-19(23)14(2)25-20(24)21-10-15-7-16(11-21)9-17(8-15)12-21/h3-6,14-17H,7-12H2,1-2H3,(H,22,23)/t14-,15?,16?,17?,21?/m0/s1. The summed E-state index contributed by atoms with van der Waals surface area (Å²) < 4.78 is 5.64. The van der Waals surface area contributed by atoms with Gasteiger partial charge in [-0.3, -0.25) is 9.59 Å². The van der Waals surface area contributed by atoms with Crippen LogP contribution in [0.1, 0.15) is 51.0 Å². The van der Waals surface area contributed by atoms with Crippen LogP contribution in [-0.4, -0.2) is 18.0 Å². The molecule has 4 bridgehead atoms. The molecule has 0 aliphatic heterocycles. The van der Waals surface area contributed by atoms with E-state index in [1.165, 1.54) is 19.3 Å². The average molecular weight is 341 g/mol. The van der Waals surface area contributed by atoms with Crippen LogP contribution in [-0.2, 0) is 14.3 Å². The Morgan fingerprint density at radius 1 is 1.04 bits per heavy atom. The maximum absolute atomic E-state index is 12.9. The molecule has 4 aliphatic rings. The lowest BCUT2D eigenvalue weighted by Gasteiger charge is -2.55. The molecule has 0 aromatic heterocycles. The Kier molecular flexibility index (Phi) is 4.09. The topological polar surface area (TPSA) is 55.4 Å². The molecule has 1 atom stereocenters. The molecule has 0 heterocycles. The van der Waals surface area contributed by atoms with Crippen LogP contribution in [0.15, 0.2) is 24.3 Å². The minimum atomic E-state index is -0.762. The second-order valence-corrected chi connectivity index (χ2v) is 8.60. The third-order valence-electron chi connectivity index (χ3n) is 6.44. The van der Waals surface area contributed by atoms with Crippen LogP contribution >= 0.6 is 0 Å². The first kappa shape index (κ1) is 16.6. The van der Waals surface area contributed by atoms with E-state index in [1.807, 2.05) is 31.2 Å². The predicted octanol–water partition coefficient (Wildman–Crippen LogP) is 4.08. The molecular weight excluding hydrogens is 314 g/mol. The third kappa shape index (κ3) is 3.19. The molecule has 5 rings (SSSR count). The Morgan fingerprint density at radius 2 is 1.56 bits per heavy atom. The Balaban J connectivity index is 1.38. The number of carbonyl (C=O) groups is 2. The number of aryl methyl sites for hydroxylation is 1. The van der Waals surface area contributed by atoms with Gasteiger partial charge in [-0.25, -0.2) is 0 Å². The highest BCUT2D eigenvalue weighted by molar-refractivity contribution is 5.95. The van der Waals surface area contributed by atoms with Gasteiger partial charge in [0.15, 0.2) is 6.10 Å². The minimum absolute atomic E-state index is 0.141. The Bertz CT molecular complexity index is 644. The molecule has 134 valence electrons. The van der Waals surface area contributed by atoms with Gasteiger partial charge < -0.3 is 10.1 Å². The highest BCUT2D eigenvalue weighted by atomic mass is 16.5. The average Bonchev–Trinajstić information content (AvgIpc) is 2.55. The lowest BCUT2D eigenvalue weighted by atomic mass is 9.49. The van der Waals surface area contributed by atoms with Gasteiger partial charge in [0, 0.05) is 5.69 Å². The lowest BCUT2D eigenvalue weighted by Crippen LogP contribution is -2.51. The van der Waals surface area contributed by atoms with Gasteiger partial charge >= 0.3 is 5.97 Å². The van der Waals surface area contributed by atoms with E-state index in [4.69, 9.17) is 4.74 Å². The van der Waals surface area contributed by atoms with Gasteiger partial charge in [-0.1, -0.05) is 17.7 Å². The van der Waals surface area contributed by atoms with Crippen LogP contribution in [0.25, 0.3) is 0 Å². The molecule has 1 aromatic carbocycles. The van der Waals surface area contributed by atoms with Crippen LogP contribution in [0.3, 0.4) is 0 Å². The number of nitrogens with one attached hydrogen (secondary N) is 1. The summed E-state index contributed by atoms with van der Waals surface area (Å²) in [5, 5.41) is 2.83. The normalized spacial score (nSPS) is 33.8. The maximum atomic E-state index is 12.9. The number of ether oxygens (including phenoxy) is 1. The number of hydrogen-bond donors (Lipinski definition) is 1. The van der Waals surface area contributed by atoms with Crippen molar-refractivity contribution in [3.63, 3.8) is 0 Å². The largest absolute Gasteiger partial charge is 0.452 e. The first-order chi connectivity index (χ1) is 11.9. The van der Waals surface area contributed by atoms with E-state index in [9.17, 15) is 9.59 Å². The fraction of sp³-hybridized carbons (Fsp3) is 0.619. The molecule has 0 spiro atoms. The highest BCUT2D eigenvalue weighted by Crippen LogP contribution is 2.60. The highest BCUT2D eigenvalue weighted by Gasteiger charge is 2.55. The van der Waals surface area contributed by atoms with Gasteiger partial charge in [-0.05, 0) is 82.3 Å². The summed E-state index contributed by atoms with van der Waals surface area (Å²) >= 11 is 0. The zero-order valence-electron chi connectivity index (χ0n) is 15.1. The fourth-order valence-corrected chi connectivity index (χ4v) is 5.58.